The van der Waals surface area contributed by atoms with Crippen molar-refractivity contribution in [3.05, 3.63) is 90.5 Å². The second-order valence-corrected chi connectivity index (χ2v) is 11.9. The smallest absolute Gasteiger partial charge is 0.312 e. The molecule has 42 heavy (non-hydrogen) atoms. The number of aliphatic hydroxyl groups excluding tert-OH is 1. The van der Waals surface area contributed by atoms with Gasteiger partial charge in [-0.15, -0.1) is 13.2 Å². The van der Waals surface area contributed by atoms with E-state index in [0.717, 1.165) is 5.56 Å². The summed E-state index contributed by atoms with van der Waals surface area (Å²) in [6.07, 6.45) is 4.98. The van der Waals surface area contributed by atoms with Gasteiger partial charge in [-0.25, -0.2) is 0 Å². The van der Waals surface area contributed by atoms with E-state index in [-0.39, 0.29) is 31.6 Å². The van der Waals surface area contributed by atoms with E-state index >= 15 is 0 Å². The van der Waals surface area contributed by atoms with Crippen LogP contribution in [0.15, 0.2) is 79.9 Å². The second-order valence-electron chi connectivity index (χ2n) is 11.5. The lowest BCUT2D eigenvalue weighted by molar-refractivity contribution is -0.160. The van der Waals surface area contributed by atoms with E-state index in [9.17, 15) is 19.5 Å². The number of halogens is 1. The highest BCUT2D eigenvalue weighted by molar-refractivity contribution is 6.30. The van der Waals surface area contributed by atoms with Crippen molar-refractivity contribution in [2.75, 3.05) is 24.7 Å². The molecule has 2 bridgehead atoms. The number of anilines is 1. The lowest BCUT2D eigenvalue weighted by atomic mass is 9.66. The maximum atomic E-state index is 14.7. The number of ether oxygens (including phenoxy) is 2. The Morgan fingerprint density at radius 1 is 1.17 bits per heavy atom. The van der Waals surface area contributed by atoms with Crippen LogP contribution in [-0.2, 0) is 30.3 Å². The van der Waals surface area contributed by atoms with Crippen LogP contribution in [0.1, 0.15) is 31.7 Å². The topological polar surface area (TPSA) is 96.4 Å². The fourth-order valence-electron chi connectivity index (χ4n) is 7.08. The molecule has 5 rings (SSSR count). The number of hydrogen-bond acceptors (Lipinski definition) is 6. The van der Waals surface area contributed by atoms with E-state index in [2.05, 4.69) is 13.2 Å². The monoisotopic (exact) mass is 592 g/mol. The van der Waals surface area contributed by atoms with Crippen molar-refractivity contribution in [2.45, 2.75) is 55.9 Å². The number of rotatable bonds is 12. The van der Waals surface area contributed by atoms with Crippen LogP contribution in [0.4, 0.5) is 5.69 Å². The maximum Gasteiger partial charge on any atom is 0.312 e. The van der Waals surface area contributed by atoms with E-state index in [4.69, 9.17) is 21.1 Å². The molecule has 2 amide bonds. The van der Waals surface area contributed by atoms with Crippen LogP contribution in [0.3, 0.4) is 0 Å². The van der Waals surface area contributed by atoms with Crippen LogP contribution in [0.25, 0.3) is 0 Å². The standard InChI is InChI=1S/C33H37ClN2O6/c1-4-6-19-41-31(40)27-26-29(38)36(25(21-37)20-22-10-8-7-9-11-22)28(33(26)17-16-32(27,3)42-33)30(39)35(18-5-2)24-14-12-23(34)13-15-24/h4-5,7-15,25-28,37H,1-2,6,16-21H2,3H3/t25-,26+,27+,28?,32-,33?/m1/s1. The molecule has 8 nitrogen and oxygen atoms in total. The quantitative estimate of drug-likeness (QED) is 0.224. The molecule has 2 unspecified atom stereocenters. The van der Waals surface area contributed by atoms with Gasteiger partial charge in [-0.05, 0) is 62.4 Å². The van der Waals surface area contributed by atoms with Crippen molar-refractivity contribution in [2.24, 2.45) is 11.8 Å². The first kappa shape index (κ1) is 30.0. The number of carbonyl (C=O) groups excluding carboxylic acids is 3. The van der Waals surface area contributed by atoms with Gasteiger partial charge in [0.2, 0.25) is 5.91 Å². The highest BCUT2D eigenvalue weighted by atomic mass is 35.5. The molecule has 0 aromatic heterocycles. The number of likely N-dealkylation sites (tertiary alicyclic amines) is 1. The predicted molar refractivity (Wildman–Crippen MR) is 160 cm³/mol. The fourth-order valence-corrected chi connectivity index (χ4v) is 7.21. The lowest BCUT2D eigenvalue weighted by Gasteiger charge is -2.39. The summed E-state index contributed by atoms with van der Waals surface area (Å²) in [6, 6.07) is 14.6. The molecule has 3 saturated heterocycles. The summed E-state index contributed by atoms with van der Waals surface area (Å²) in [4.78, 5) is 45.8. The molecule has 222 valence electrons. The molecule has 2 aromatic carbocycles. The van der Waals surface area contributed by atoms with Gasteiger partial charge in [0.25, 0.3) is 5.91 Å². The summed E-state index contributed by atoms with van der Waals surface area (Å²) in [6.45, 7) is 9.30. The van der Waals surface area contributed by atoms with Gasteiger partial charge in [-0.2, -0.15) is 0 Å². The molecule has 3 heterocycles. The van der Waals surface area contributed by atoms with Crippen LogP contribution >= 0.6 is 11.6 Å². The Balaban J connectivity index is 1.60. The average Bonchev–Trinajstić information content (AvgIpc) is 3.56. The molecular weight excluding hydrogens is 556 g/mol. The predicted octanol–water partition coefficient (Wildman–Crippen LogP) is 4.35. The van der Waals surface area contributed by atoms with Crippen LogP contribution in [0.2, 0.25) is 5.02 Å². The van der Waals surface area contributed by atoms with Crippen LogP contribution in [0.5, 0.6) is 0 Å². The third-order valence-corrected chi connectivity index (χ3v) is 9.15. The summed E-state index contributed by atoms with van der Waals surface area (Å²) in [7, 11) is 0. The van der Waals surface area contributed by atoms with Crippen LogP contribution in [0, 0.1) is 11.8 Å². The Morgan fingerprint density at radius 3 is 2.52 bits per heavy atom. The summed E-state index contributed by atoms with van der Waals surface area (Å²) >= 11 is 6.14. The number of aliphatic hydroxyl groups is 1. The Labute approximate surface area is 251 Å². The first-order valence-electron chi connectivity index (χ1n) is 14.3. The molecule has 3 aliphatic heterocycles. The fraction of sp³-hybridized carbons (Fsp3) is 0.424. The molecule has 1 N–H and O–H groups in total. The molecule has 0 aliphatic carbocycles. The zero-order valence-electron chi connectivity index (χ0n) is 23.8. The van der Waals surface area contributed by atoms with E-state index in [1.54, 1.807) is 41.3 Å². The Kier molecular flexibility index (Phi) is 8.60. The van der Waals surface area contributed by atoms with Gasteiger partial charge in [0, 0.05) is 17.3 Å². The van der Waals surface area contributed by atoms with Crippen molar-refractivity contribution >= 4 is 35.1 Å². The molecule has 3 aliphatic rings. The van der Waals surface area contributed by atoms with Gasteiger partial charge in [0.15, 0.2) is 0 Å². The average molecular weight is 593 g/mol. The third-order valence-electron chi connectivity index (χ3n) is 8.90. The lowest BCUT2D eigenvalue weighted by Crippen LogP contribution is -2.59. The number of hydrogen-bond donors (Lipinski definition) is 1. The third kappa shape index (κ3) is 5.06. The van der Waals surface area contributed by atoms with E-state index in [0.29, 0.717) is 36.4 Å². The van der Waals surface area contributed by atoms with Crippen molar-refractivity contribution < 1.29 is 29.0 Å². The molecule has 6 atom stereocenters. The largest absolute Gasteiger partial charge is 0.465 e. The minimum atomic E-state index is -1.26. The van der Waals surface area contributed by atoms with Gasteiger partial charge < -0.3 is 24.4 Å². The van der Waals surface area contributed by atoms with Crippen LogP contribution < -0.4 is 4.90 Å². The normalized spacial score (nSPS) is 28.3. The van der Waals surface area contributed by atoms with Gasteiger partial charge in [0.05, 0.1) is 30.8 Å². The van der Waals surface area contributed by atoms with Gasteiger partial charge in [-0.1, -0.05) is 54.1 Å². The van der Waals surface area contributed by atoms with Crippen molar-refractivity contribution in [1.82, 2.24) is 4.90 Å². The molecular formula is C33H37ClN2O6. The molecule has 3 fully saturated rings. The summed E-state index contributed by atoms with van der Waals surface area (Å²) in [5.41, 5.74) is -0.739. The molecule has 0 saturated carbocycles. The summed E-state index contributed by atoms with van der Waals surface area (Å²) < 4.78 is 12.3. The van der Waals surface area contributed by atoms with Gasteiger partial charge in [0.1, 0.15) is 17.6 Å². The second kappa shape index (κ2) is 12.0. The highest BCUT2D eigenvalue weighted by Gasteiger charge is 2.79. The van der Waals surface area contributed by atoms with Crippen molar-refractivity contribution in [1.29, 1.82) is 0 Å². The molecule has 2 aromatic rings. The van der Waals surface area contributed by atoms with Gasteiger partial charge >= 0.3 is 5.97 Å². The number of carbonyl (C=O) groups is 3. The molecule has 0 radical (unpaired) electrons. The van der Waals surface area contributed by atoms with Crippen molar-refractivity contribution in [3.8, 4) is 0 Å². The summed E-state index contributed by atoms with van der Waals surface area (Å²) in [5, 5.41) is 11.2. The highest BCUT2D eigenvalue weighted by Crippen LogP contribution is 2.63. The summed E-state index contributed by atoms with van der Waals surface area (Å²) in [5.74, 6) is -3.08. The Morgan fingerprint density at radius 2 is 1.88 bits per heavy atom. The Hall–Kier alpha value is -3.46. The van der Waals surface area contributed by atoms with E-state index < -0.39 is 41.1 Å². The molecule has 9 heteroatoms. The maximum absolute atomic E-state index is 14.7. The number of benzene rings is 2. The number of esters is 1. The van der Waals surface area contributed by atoms with Crippen LogP contribution in [-0.4, -0.2) is 70.8 Å². The minimum absolute atomic E-state index is 0.145. The first-order chi connectivity index (χ1) is 20.2. The number of fused-ring (bicyclic) bond motifs is 1. The minimum Gasteiger partial charge on any atom is -0.465 e. The first-order valence-corrected chi connectivity index (χ1v) is 14.7. The van der Waals surface area contributed by atoms with Gasteiger partial charge in [-0.3, -0.25) is 14.4 Å². The number of nitrogens with zero attached hydrogens (tertiary/aromatic N) is 2. The SMILES string of the molecule is C=CCCOC(=O)[C@@H]1[C@H]2C(=O)N([C@@H](CO)Cc3ccccc3)C(C(=O)N(CC=C)c3ccc(Cl)cc3)C23CC[C@@]1(C)O3. The number of amides is 2. The van der Waals surface area contributed by atoms with Crippen molar-refractivity contribution in [3.63, 3.8) is 0 Å². The van der Waals surface area contributed by atoms with E-state index in [1.807, 2.05) is 37.3 Å². The zero-order chi connectivity index (χ0) is 30.1. The Bertz CT molecular complexity index is 1350. The zero-order valence-corrected chi connectivity index (χ0v) is 24.5. The molecule has 1 spiro atoms. The van der Waals surface area contributed by atoms with E-state index in [1.165, 1.54) is 4.90 Å².